The van der Waals surface area contributed by atoms with Gasteiger partial charge in [0.15, 0.2) is 11.5 Å². The zero-order valence-electron chi connectivity index (χ0n) is 13.4. The van der Waals surface area contributed by atoms with Gasteiger partial charge in [-0.3, -0.25) is 4.68 Å². The smallest absolute Gasteiger partial charge is 0.177 e. The molecule has 3 aromatic heterocycles. The predicted octanol–water partition coefficient (Wildman–Crippen LogP) is 3.08. The summed E-state index contributed by atoms with van der Waals surface area (Å²) in [5.41, 5.74) is 4.94. The van der Waals surface area contributed by atoms with Gasteiger partial charge in [-0.2, -0.15) is 10.2 Å². The highest BCUT2D eigenvalue weighted by Crippen LogP contribution is 2.25. The van der Waals surface area contributed by atoms with Gasteiger partial charge in [0.2, 0.25) is 0 Å². The quantitative estimate of drug-likeness (QED) is 0.632. The van der Waals surface area contributed by atoms with Crippen LogP contribution in [0.1, 0.15) is 24.2 Å². The van der Waals surface area contributed by atoms with Gasteiger partial charge in [-0.05, 0) is 25.5 Å². The van der Waals surface area contributed by atoms with E-state index in [-0.39, 0.29) is 6.04 Å². The van der Waals surface area contributed by atoms with E-state index < -0.39 is 0 Å². The molecule has 1 unspecified atom stereocenters. The number of H-pyrrole nitrogens is 1. The van der Waals surface area contributed by atoms with E-state index >= 15 is 0 Å². The van der Waals surface area contributed by atoms with Gasteiger partial charge in [0.25, 0.3) is 0 Å². The van der Waals surface area contributed by atoms with Crippen molar-refractivity contribution < 1.29 is 0 Å². The van der Waals surface area contributed by atoms with E-state index in [1.165, 1.54) is 5.56 Å². The molecule has 0 saturated carbocycles. The number of nitrogens with zero attached hydrogens (tertiary/aromatic N) is 5. The fraction of sp³-hybridized carbons (Fsp3) is 0.235. The standard InChI is InChI=1S/C17H18N6/c1-11-9-15(22(3)21-11)16-19-14-10-18-23(17(14)20-16)12(2)13-7-5-4-6-8-13/h4-10,12H,1-3H3,(H,19,20). The number of benzene rings is 1. The topological polar surface area (TPSA) is 64.3 Å². The zero-order chi connectivity index (χ0) is 16.0. The molecule has 3 heterocycles. The largest absolute Gasteiger partial charge is 0.334 e. The minimum atomic E-state index is 0.123. The second-order valence-corrected chi connectivity index (χ2v) is 5.79. The Balaban J connectivity index is 1.80. The van der Waals surface area contributed by atoms with E-state index in [0.29, 0.717) is 0 Å². The van der Waals surface area contributed by atoms with Crippen molar-refractivity contribution in [3.8, 4) is 11.5 Å². The lowest BCUT2D eigenvalue weighted by Gasteiger charge is -2.12. The molecule has 23 heavy (non-hydrogen) atoms. The number of aromatic amines is 1. The maximum atomic E-state index is 4.75. The first kappa shape index (κ1) is 13.8. The maximum Gasteiger partial charge on any atom is 0.177 e. The van der Waals surface area contributed by atoms with Gasteiger partial charge in [-0.25, -0.2) is 9.67 Å². The van der Waals surface area contributed by atoms with Crippen LogP contribution >= 0.6 is 0 Å². The Morgan fingerprint density at radius 3 is 2.65 bits per heavy atom. The predicted molar refractivity (Wildman–Crippen MR) is 89.1 cm³/mol. The SMILES string of the molecule is Cc1cc(-c2nc3c(cnn3C(C)c3ccccc3)[nH]2)n(C)n1. The van der Waals surface area contributed by atoms with Crippen molar-refractivity contribution in [1.82, 2.24) is 29.5 Å². The molecule has 0 spiro atoms. The van der Waals surface area contributed by atoms with Gasteiger partial charge in [-0.15, -0.1) is 0 Å². The average Bonchev–Trinajstić information content (AvgIpc) is 3.21. The number of fused-ring (bicyclic) bond motifs is 1. The maximum absolute atomic E-state index is 4.75. The molecule has 0 fully saturated rings. The third-order valence-corrected chi connectivity index (χ3v) is 4.13. The van der Waals surface area contributed by atoms with E-state index in [1.54, 1.807) is 0 Å². The summed E-state index contributed by atoms with van der Waals surface area (Å²) >= 11 is 0. The molecule has 0 aliphatic rings. The Hall–Kier alpha value is -2.89. The first-order valence-electron chi connectivity index (χ1n) is 7.62. The van der Waals surface area contributed by atoms with Crippen LogP contribution < -0.4 is 0 Å². The highest BCUT2D eigenvalue weighted by molar-refractivity contribution is 5.75. The summed E-state index contributed by atoms with van der Waals surface area (Å²) in [5, 5.41) is 8.88. The van der Waals surface area contributed by atoms with Crippen molar-refractivity contribution in [2.24, 2.45) is 7.05 Å². The van der Waals surface area contributed by atoms with Crippen LogP contribution in [-0.4, -0.2) is 29.5 Å². The molecule has 4 rings (SSSR count). The fourth-order valence-electron chi connectivity index (χ4n) is 2.93. The van der Waals surface area contributed by atoms with Gasteiger partial charge in [0, 0.05) is 7.05 Å². The summed E-state index contributed by atoms with van der Waals surface area (Å²) < 4.78 is 3.79. The fourth-order valence-corrected chi connectivity index (χ4v) is 2.93. The molecular formula is C17H18N6. The van der Waals surface area contributed by atoms with Crippen molar-refractivity contribution >= 4 is 11.2 Å². The van der Waals surface area contributed by atoms with Crippen LogP contribution in [0.15, 0.2) is 42.6 Å². The number of aryl methyl sites for hydroxylation is 2. The van der Waals surface area contributed by atoms with Gasteiger partial charge < -0.3 is 4.98 Å². The summed E-state index contributed by atoms with van der Waals surface area (Å²) in [6.45, 7) is 4.11. The van der Waals surface area contributed by atoms with Crippen LogP contribution in [0.25, 0.3) is 22.7 Å². The Bertz CT molecular complexity index is 960. The molecule has 1 atom stereocenters. The highest BCUT2D eigenvalue weighted by atomic mass is 15.3. The number of hydrogen-bond acceptors (Lipinski definition) is 3. The second-order valence-electron chi connectivity index (χ2n) is 5.79. The van der Waals surface area contributed by atoms with E-state index in [2.05, 4.69) is 34.2 Å². The minimum absolute atomic E-state index is 0.123. The Morgan fingerprint density at radius 2 is 1.96 bits per heavy atom. The first-order chi connectivity index (χ1) is 11.1. The Labute approximate surface area is 133 Å². The van der Waals surface area contributed by atoms with Crippen LogP contribution in [0.3, 0.4) is 0 Å². The monoisotopic (exact) mass is 306 g/mol. The molecule has 6 heteroatoms. The molecule has 1 aromatic carbocycles. The number of aromatic nitrogens is 6. The lowest BCUT2D eigenvalue weighted by Crippen LogP contribution is -2.08. The van der Waals surface area contributed by atoms with Crippen LogP contribution in [0, 0.1) is 6.92 Å². The first-order valence-corrected chi connectivity index (χ1v) is 7.62. The Kier molecular flexibility index (Phi) is 3.04. The van der Waals surface area contributed by atoms with E-state index in [4.69, 9.17) is 4.98 Å². The van der Waals surface area contributed by atoms with Crippen LogP contribution in [0.2, 0.25) is 0 Å². The molecule has 4 aromatic rings. The number of nitrogens with one attached hydrogen (secondary N) is 1. The molecule has 6 nitrogen and oxygen atoms in total. The van der Waals surface area contributed by atoms with Crippen molar-refractivity contribution in [2.45, 2.75) is 19.9 Å². The molecular weight excluding hydrogens is 288 g/mol. The van der Waals surface area contributed by atoms with Crippen LogP contribution in [-0.2, 0) is 7.05 Å². The molecule has 116 valence electrons. The van der Waals surface area contributed by atoms with Crippen molar-refractivity contribution in [1.29, 1.82) is 0 Å². The third-order valence-electron chi connectivity index (χ3n) is 4.13. The van der Waals surface area contributed by atoms with E-state index in [1.807, 2.05) is 53.8 Å². The molecule has 0 amide bonds. The lowest BCUT2D eigenvalue weighted by atomic mass is 10.1. The number of hydrogen-bond donors (Lipinski definition) is 1. The summed E-state index contributed by atoms with van der Waals surface area (Å²) in [6.07, 6.45) is 1.83. The number of imidazole rings is 1. The number of rotatable bonds is 3. The normalized spacial score (nSPS) is 12.8. The van der Waals surface area contributed by atoms with Crippen LogP contribution in [0.4, 0.5) is 0 Å². The van der Waals surface area contributed by atoms with Gasteiger partial charge in [0.1, 0.15) is 11.2 Å². The van der Waals surface area contributed by atoms with Crippen molar-refractivity contribution in [3.63, 3.8) is 0 Å². The molecule has 0 aliphatic carbocycles. The second kappa shape index (κ2) is 5.08. The van der Waals surface area contributed by atoms with Crippen molar-refractivity contribution in [2.75, 3.05) is 0 Å². The Morgan fingerprint density at radius 1 is 1.17 bits per heavy atom. The summed E-state index contributed by atoms with van der Waals surface area (Å²) in [6, 6.07) is 12.5. The average molecular weight is 306 g/mol. The van der Waals surface area contributed by atoms with Gasteiger partial charge in [-0.1, -0.05) is 30.3 Å². The van der Waals surface area contributed by atoms with E-state index in [0.717, 1.165) is 28.4 Å². The summed E-state index contributed by atoms with van der Waals surface area (Å²) in [5.74, 6) is 0.814. The molecule has 1 N–H and O–H groups in total. The third kappa shape index (κ3) is 2.23. The highest BCUT2D eigenvalue weighted by Gasteiger charge is 2.17. The van der Waals surface area contributed by atoms with E-state index in [9.17, 15) is 0 Å². The van der Waals surface area contributed by atoms with Crippen LogP contribution in [0.5, 0.6) is 0 Å². The molecule has 0 radical (unpaired) electrons. The molecule has 0 saturated heterocycles. The van der Waals surface area contributed by atoms with Gasteiger partial charge in [0.05, 0.1) is 17.9 Å². The minimum Gasteiger partial charge on any atom is -0.334 e. The molecule has 0 aliphatic heterocycles. The lowest BCUT2D eigenvalue weighted by molar-refractivity contribution is 0.579. The summed E-state index contributed by atoms with van der Waals surface area (Å²) in [4.78, 5) is 8.09. The summed E-state index contributed by atoms with van der Waals surface area (Å²) in [7, 11) is 1.93. The zero-order valence-corrected chi connectivity index (χ0v) is 13.4. The van der Waals surface area contributed by atoms with Crippen molar-refractivity contribution in [3.05, 3.63) is 53.9 Å². The molecule has 0 bridgehead atoms. The van der Waals surface area contributed by atoms with Gasteiger partial charge >= 0.3 is 0 Å².